The summed E-state index contributed by atoms with van der Waals surface area (Å²) >= 11 is 0. The Morgan fingerprint density at radius 2 is 1.81 bits per heavy atom. The Bertz CT molecular complexity index is 721. The third-order valence-electron chi connectivity index (χ3n) is 4.56. The van der Waals surface area contributed by atoms with Gasteiger partial charge in [-0.2, -0.15) is 0 Å². The Hall–Kier alpha value is -2.31. The third-order valence-corrected chi connectivity index (χ3v) is 4.56. The van der Waals surface area contributed by atoms with Crippen LogP contribution in [0.1, 0.15) is 62.2 Å². The van der Waals surface area contributed by atoms with E-state index in [0.29, 0.717) is 6.61 Å². The quantitative estimate of drug-likeness (QED) is 0.278. The number of hydrogen-bond donors (Lipinski definition) is 4. The average Bonchev–Trinajstić information content (AvgIpc) is 2.60. The zero-order valence-corrected chi connectivity index (χ0v) is 15.6. The van der Waals surface area contributed by atoms with Crippen LogP contribution in [0.2, 0.25) is 0 Å². The second kappa shape index (κ2) is 9.58. The Balaban J connectivity index is 1.92. The van der Waals surface area contributed by atoms with Crippen molar-refractivity contribution < 1.29 is 30.0 Å². The molecule has 0 spiro atoms. The number of phenols is 2. The number of Topliss-reactive ketones (excluding diaryl/α,β-unsaturated/α-hetero) is 1. The second-order valence-corrected chi connectivity index (χ2v) is 6.86. The van der Waals surface area contributed by atoms with Crippen LogP contribution < -0.4 is 0 Å². The minimum Gasteiger partial charge on any atom is -0.511 e. The van der Waals surface area contributed by atoms with Crippen molar-refractivity contribution in [2.45, 2.75) is 57.7 Å². The van der Waals surface area contributed by atoms with Crippen LogP contribution in [0.25, 0.3) is 0 Å². The molecule has 148 valence electrons. The predicted octanol–water partition coefficient (Wildman–Crippen LogP) is 4.12. The van der Waals surface area contributed by atoms with Gasteiger partial charge in [-0.15, -0.1) is 0 Å². The van der Waals surface area contributed by atoms with Gasteiger partial charge in [-0.1, -0.05) is 39.0 Å². The van der Waals surface area contributed by atoms with Gasteiger partial charge in [0, 0.05) is 6.07 Å². The molecule has 6 nitrogen and oxygen atoms in total. The van der Waals surface area contributed by atoms with Crippen molar-refractivity contribution in [3.8, 4) is 11.5 Å². The second-order valence-electron chi connectivity index (χ2n) is 6.86. The zero-order chi connectivity index (χ0) is 19.9. The fraction of sp³-hybridized carbons (Fsp3) is 0.476. The molecule has 1 aliphatic carbocycles. The fourth-order valence-electron chi connectivity index (χ4n) is 3.00. The molecule has 0 amide bonds. The first-order valence-electron chi connectivity index (χ1n) is 9.40. The zero-order valence-electron chi connectivity index (χ0n) is 15.6. The van der Waals surface area contributed by atoms with Crippen molar-refractivity contribution >= 4 is 5.78 Å². The summed E-state index contributed by atoms with van der Waals surface area (Å²) in [4.78, 5) is 12.5. The molecule has 0 bridgehead atoms. The van der Waals surface area contributed by atoms with E-state index >= 15 is 0 Å². The number of aliphatic hydroxyl groups is 2. The SMILES string of the molecule is CCCCCCCCOC1(O)C=CC(C(=O)c2ccc(O)cc2O)=C(O)C1. The number of ether oxygens (including phenoxy) is 1. The van der Waals surface area contributed by atoms with Crippen molar-refractivity contribution in [1.29, 1.82) is 0 Å². The molecule has 1 aliphatic rings. The fourth-order valence-corrected chi connectivity index (χ4v) is 3.00. The first-order valence-corrected chi connectivity index (χ1v) is 9.40. The van der Waals surface area contributed by atoms with E-state index < -0.39 is 11.6 Å². The Kier molecular flexibility index (Phi) is 7.45. The monoisotopic (exact) mass is 376 g/mol. The minimum atomic E-state index is -1.64. The van der Waals surface area contributed by atoms with E-state index in [1.807, 2.05) is 0 Å². The topological polar surface area (TPSA) is 107 Å². The van der Waals surface area contributed by atoms with Gasteiger partial charge in [-0.05, 0) is 30.7 Å². The van der Waals surface area contributed by atoms with E-state index in [2.05, 4.69) is 6.92 Å². The van der Waals surface area contributed by atoms with E-state index in [4.69, 9.17) is 4.74 Å². The maximum atomic E-state index is 12.5. The maximum absolute atomic E-state index is 12.5. The lowest BCUT2D eigenvalue weighted by molar-refractivity contribution is -0.170. The Morgan fingerprint density at radius 3 is 2.48 bits per heavy atom. The van der Waals surface area contributed by atoms with E-state index in [1.165, 1.54) is 43.5 Å². The molecule has 1 atom stereocenters. The molecule has 0 aliphatic heterocycles. The number of carbonyl (C=O) groups excluding carboxylic acids is 1. The molecule has 6 heteroatoms. The van der Waals surface area contributed by atoms with Crippen molar-refractivity contribution in [3.05, 3.63) is 47.2 Å². The van der Waals surface area contributed by atoms with Gasteiger partial charge in [0.25, 0.3) is 0 Å². The summed E-state index contributed by atoms with van der Waals surface area (Å²) in [5.41, 5.74) is -0.0683. The lowest BCUT2D eigenvalue weighted by atomic mass is 9.93. The van der Waals surface area contributed by atoms with Crippen LogP contribution in [0.3, 0.4) is 0 Å². The van der Waals surface area contributed by atoms with Gasteiger partial charge in [0.05, 0.1) is 24.2 Å². The van der Waals surface area contributed by atoms with Gasteiger partial charge in [0.1, 0.15) is 17.3 Å². The van der Waals surface area contributed by atoms with E-state index in [0.717, 1.165) is 25.3 Å². The van der Waals surface area contributed by atoms with Gasteiger partial charge in [0.15, 0.2) is 11.6 Å². The molecule has 2 rings (SSSR count). The molecule has 0 saturated heterocycles. The molecule has 27 heavy (non-hydrogen) atoms. The minimum absolute atomic E-state index is 0.0242. The van der Waals surface area contributed by atoms with E-state index in [-0.39, 0.29) is 34.8 Å². The summed E-state index contributed by atoms with van der Waals surface area (Å²) in [5.74, 6) is -3.10. The molecule has 1 aromatic rings. The lowest BCUT2D eigenvalue weighted by Crippen LogP contribution is -2.33. The van der Waals surface area contributed by atoms with Crippen LogP contribution in [-0.4, -0.2) is 38.6 Å². The van der Waals surface area contributed by atoms with Crippen molar-refractivity contribution in [3.63, 3.8) is 0 Å². The van der Waals surface area contributed by atoms with Gasteiger partial charge >= 0.3 is 0 Å². The number of aliphatic hydroxyl groups excluding tert-OH is 1. The van der Waals surface area contributed by atoms with Gasteiger partial charge in [-0.3, -0.25) is 4.79 Å². The molecule has 0 aromatic heterocycles. The number of phenolic OH excluding ortho intramolecular Hbond substituents is 2. The number of unbranched alkanes of at least 4 members (excludes halogenated alkanes) is 5. The van der Waals surface area contributed by atoms with Crippen LogP contribution in [0.4, 0.5) is 0 Å². The standard InChI is InChI=1S/C21H28O6/c1-2-3-4-5-6-7-12-27-21(26)11-10-17(19(24)14-21)20(25)16-9-8-15(22)13-18(16)23/h8-11,13,22-24,26H,2-7,12,14H2,1H3. The van der Waals surface area contributed by atoms with Gasteiger partial charge in [-0.25, -0.2) is 0 Å². The van der Waals surface area contributed by atoms with Crippen molar-refractivity contribution in [2.75, 3.05) is 6.61 Å². The number of benzene rings is 1. The molecule has 0 saturated carbocycles. The predicted molar refractivity (Wildman–Crippen MR) is 102 cm³/mol. The van der Waals surface area contributed by atoms with E-state index in [9.17, 15) is 25.2 Å². The summed E-state index contributed by atoms with van der Waals surface area (Å²) in [6.45, 7) is 2.53. The summed E-state index contributed by atoms with van der Waals surface area (Å²) in [6.07, 6.45) is 8.98. The van der Waals surface area contributed by atoms with Crippen LogP contribution in [0.15, 0.2) is 41.7 Å². The first-order chi connectivity index (χ1) is 12.9. The smallest absolute Gasteiger partial charge is 0.200 e. The largest absolute Gasteiger partial charge is 0.511 e. The number of aromatic hydroxyl groups is 2. The molecule has 1 unspecified atom stereocenters. The van der Waals surface area contributed by atoms with Crippen LogP contribution in [0, 0.1) is 0 Å². The number of allylic oxidation sites excluding steroid dienone is 2. The lowest BCUT2D eigenvalue weighted by Gasteiger charge is -2.28. The number of ketones is 1. The highest BCUT2D eigenvalue weighted by Gasteiger charge is 2.33. The molecular weight excluding hydrogens is 348 g/mol. The molecule has 0 radical (unpaired) electrons. The summed E-state index contributed by atoms with van der Waals surface area (Å²) in [7, 11) is 0. The normalized spacial score (nSPS) is 19.5. The van der Waals surface area contributed by atoms with Crippen LogP contribution >= 0.6 is 0 Å². The summed E-state index contributed by atoms with van der Waals surface area (Å²) < 4.78 is 5.50. The highest BCUT2D eigenvalue weighted by molar-refractivity contribution is 6.12. The van der Waals surface area contributed by atoms with E-state index in [1.54, 1.807) is 0 Å². The highest BCUT2D eigenvalue weighted by atomic mass is 16.6. The van der Waals surface area contributed by atoms with Crippen molar-refractivity contribution in [1.82, 2.24) is 0 Å². The third kappa shape index (κ3) is 5.84. The number of rotatable bonds is 10. The molecule has 0 fully saturated rings. The van der Waals surface area contributed by atoms with Gasteiger partial charge in [0.2, 0.25) is 0 Å². The molecule has 0 heterocycles. The van der Waals surface area contributed by atoms with Gasteiger partial charge < -0.3 is 25.2 Å². The number of carbonyl (C=O) groups is 1. The Labute approximate surface area is 159 Å². The van der Waals surface area contributed by atoms with Crippen LogP contribution in [0.5, 0.6) is 11.5 Å². The van der Waals surface area contributed by atoms with Crippen LogP contribution in [-0.2, 0) is 4.74 Å². The summed E-state index contributed by atoms with van der Waals surface area (Å²) in [5, 5.41) is 39.8. The Morgan fingerprint density at radius 1 is 1.11 bits per heavy atom. The maximum Gasteiger partial charge on any atom is 0.200 e. The molecule has 1 aromatic carbocycles. The highest BCUT2D eigenvalue weighted by Crippen LogP contribution is 2.31. The first kappa shape index (κ1) is 21.0. The number of hydrogen-bond acceptors (Lipinski definition) is 6. The molecule has 4 N–H and O–H groups in total. The summed E-state index contributed by atoms with van der Waals surface area (Å²) in [6, 6.07) is 3.60. The van der Waals surface area contributed by atoms with Crippen molar-refractivity contribution in [2.24, 2.45) is 0 Å². The average molecular weight is 376 g/mol. The molecular formula is C21H28O6.